The molecule has 0 saturated carbocycles. The highest BCUT2D eigenvalue weighted by Crippen LogP contribution is 2.08. The zero-order valence-electron chi connectivity index (χ0n) is 10.8. The van der Waals surface area contributed by atoms with Gasteiger partial charge in [-0.2, -0.15) is 0 Å². The number of unbranched alkanes of at least 4 members (excludes halogenated alkanes) is 7. The van der Waals surface area contributed by atoms with Gasteiger partial charge in [-0.1, -0.05) is 44.3 Å². The Morgan fingerprint density at radius 1 is 1.00 bits per heavy atom. The Hall–Kier alpha value is -0.790. The Morgan fingerprint density at radius 3 is 2.12 bits per heavy atom. The maximum atomic E-state index is 10.5. The first-order valence-electron chi connectivity index (χ1n) is 6.52. The van der Waals surface area contributed by atoms with Crippen molar-refractivity contribution in [2.75, 3.05) is 6.61 Å². The van der Waals surface area contributed by atoms with Crippen LogP contribution in [0.25, 0.3) is 0 Å². The zero-order chi connectivity index (χ0) is 12.1. The predicted molar refractivity (Wildman–Crippen MR) is 68.4 cm³/mol. The molecule has 2 nitrogen and oxygen atoms in total. The molecule has 0 aliphatic rings. The number of ether oxygens (including phenoxy) is 1. The minimum Gasteiger partial charge on any atom is -0.466 e. The van der Waals surface area contributed by atoms with Crippen LogP contribution in [0.2, 0.25) is 0 Å². The van der Waals surface area contributed by atoms with Gasteiger partial charge in [-0.15, -0.1) is 0 Å². The quantitative estimate of drug-likeness (QED) is 0.316. The molecule has 0 saturated heterocycles. The molecule has 0 heterocycles. The van der Waals surface area contributed by atoms with Crippen LogP contribution in [0.5, 0.6) is 0 Å². The molecule has 0 aliphatic heterocycles. The van der Waals surface area contributed by atoms with E-state index in [9.17, 15) is 4.79 Å². The van der Waals surface area contributed by atoms with Crippen molar-refractivity contribution in [2.24, 2.45) is 0 Å². The SMILES string of the molecule is CC=CCCCCCCCCCOC(C)=O. The highest BCUT2D eigenvalue weighted by molar-refractivity contribution is 5.65. The summed E-state index contributed by atoms with van der Waals surface area (Å²) in [5, 5.41) is 0. The summed E-state index contributed by atoms with van der Waals surface area (Å²) in [4.78, 5) is 10.5. The van der Waals surface area contributed by atoms with Gasteiger partial charge in [0.15, 0.2) is 0 Å². The second-order valence-electron chi connectivity index (χ2n) is 4.17. The minimum absolute atomic E-state index is 0.163. The number of carbonyl (C=O) groups is 1. The molecule has 2 heteroatoms. The fourth-order valence-corrected chi connectivity index (χ4v) is 1.63. The lowest BCUT2D eigenvalue weighted by molar-refractivity contribution is -0.141. The Morgan fingerprint density at radius 2 is 1.56 bits per heavy atom. The average molecular weight is 226 g/mol. The lowest BCUT2D eigenvalue weighted by atomic mass is 10.1. The van der Waals surface area contributed by atoms with E-state index in [0.29, 0.717) is 6.61 Å². The van der Waals surface area contributed by atoms with Crippen LogP contribution in [0.15, 0.2) is 12.2 Å². The molecule has 0 rings (SSSR count). The van der Waals surface area contributed by atoms with Crippen molar-refractivity contribution in [1.82, 2.24) is 0 Å². The van der Waals surface area contributed by atoms with Gasteiger partial charge in [0.1, 0.15) is 0 Å². The highest BCUT2D eigenvalue weighted by atomic mass is 16.5. The molecule has 0 atom stereocenters. The first-order chi connectivity index (χ1) is 7.77. The third-order valence-electron chi connectivity index (χ3n) is 2.56. The second kappa shape index (κ2) is 12.3. The van der Waals surface area contributed by atoms with Gasteiger partial charge in [0.2, 0.25) is 0 Å². The zero-order valence-corrected chi connectivity index (χ0v) is 10.8. The Labute approximate surface area is 100 Å². The van der Waals surface area contributed by atoms with E-state index in [1.165, 1.54) is 51.9 Å². The van der Waals surface area contributed by atoms with Crippen LogP contribution in [0.3, 0.4) is 0 Å². The van der Waals surface area contributed by atoms with E-state index in [4.69, 9.17) is 4.74 Å². The Balaban J connectivity index is 2.96. The number of hydrogen-bond donors (Lipinski definition) is 0. The third kappa shape index (κ3) is 13.2. The van der Waals surface area contributed by atoms with Gasteiger partial charge in [-0.25, -0.2) is 0 Å². The number of carbonyl (C=O) groups excluding carboxylic acids is 1. The summed E-state index contributed by atoms with van der Waals surface area (Å²) >= 11 is 0. The molecule has 0 aromatic carbocycles. The van der Waals surface area contributed by atoms with Gasteiger partial charge in [0.25, 0.3) is 0 Å². The lowest BCUT2D eigenvalue weighted by Gasteiger charge is -2.02. The van der Waals surface area contributed by atoms with Crippen LogP contribution in [0.4, 0.5) is 0 Å². The maximum Gasteiger partial charge on any atom is 0.302 e. The number of rotatable bonds is 10. The van der Waals surface area contributed by atoms with E-state index in [2.05, 4.69) is 19.1 Å². The van der Waals surface area contributed by atoms with E-state index >= 15 is 0 Å². The molecular weight excluding hydrogens is 200 g/mol. The topological polar surface area (TPSA) is 26.3 Å². The summed E-state index contributed by atoms with van der Waals surface area (Å²) < 4.78 is 4.87. The summed E-state index contributed by atoms with van der Waals surface area (Å²) in [7, 11) is 0. The maximum absolute atomic E-state index is 10.5. The molecule has 94 valence electrons. The second-order valence-corrected chi connectivity index (χ2v) is 4.17. The normalized spacial score (nSPS) is 10.9. The largest absolute Gasteiger partial charge is 0.466 e. The van der Waals surface area contributed by atoms with Crippen molar-refractivity contribution in [2.45, 2.75) is 65.2 Å². The van der Waals surface area contributed by atoms with Crippen LogP contribution in [-0.4, -0.2) is 12.6 Å². The van der Waals surface area contributed by atoms with Gasteiger partial charge >= 0.3 is 5.97 Å². The van der Waals surface area contributed by atoms with Gasteiger partial charge in [-0.3, -0.25) is 4.79 Å². The summed E-state index contributed by atoms with van der Waals surface area (Å²) in [6.07, 6.45) is 14.4. The van der Waals surface area contributed by atoms with Crippen molar-refractivity contribution in [3.63, 3.8) is 0 Å². The number of hydrogen-bond acceptors (Lipinski definition) is 2. The van der Waals surface area contributed by atoms with E-state index in [1.54, 1.807) is 0 Å². The Kier molecular flexibility index (Phi) is 11.7. The van der Waals surface area contributed by atoms with Crippen molar-refractivity contribution in [3.05, 3.63) is 12.2 Å². The molecule has 0 radical (unpaired) electrons. The molecule has 0 aromatic heterocycles. The van der Waals surface area contributed by atoms with Crippen LogP contribution in [-0.2, 0) is 9.53 Å². The molecule has 0 amide bonds. The molecule has 0 unspecified atom stereocenters. The minimum atomic E-state index is -0.163. The molecule has 0 aliphatic carbocycles. The van der Waals surface area contributed by atoms with Crippen LogP contribution >= 0.6 is 0 Å². The summed E-state index contributed by atoms with van der Waals surface area (Å²) in [6, 6.07) is 0. The lowest BCUT2D eigenvalue weighted by Crippen LogP contribution is -1.99. The highest BCUT2D eigenvalue weighted by Gasteiger charge is 1.94. The summed E-state index contributed by atoms with van der Waals surface area (Å²) in [5.41, 5.74) is 0. The van der Waals surface area contributed by atoms with Gasteiger partial charge in [0.05, 0.1) is 6.61 Å². The summed E-state index contributed by atoms with van der Waals surface area (Å²) in [5.74, 6) is -0.163. The first kappa shape index (κ1) is 15.2. The monoisotopic (exact) mass is 226 g/mol. The van der Waals surface area contributed by atoms with E-state index < -0.39 is 0 Å². The van der Waals surface area contributed by atoms with Crippen molar-refractivity contribution >= 4 is 5.97 Å². The van der Waals surface area contributed by atoms with E-state index in [-0.39, 0.29) is 5.97 Å². The van der Waals surface area contributed by atoms with Gasteiger partial charge in [-0.05, 0) is 26.2 Å². The molecular formula is C14H26O2. The molecule has 16 heavy (non-hydrogen) atoms. The standard InChI is InChI=1S/C14H26O2/c1-3-4-5-6-7-8-9-10-11-12-13-16-14(2)15/h3-4H,5-13H2,1-2H3. The number of allylic oxidation sites excluding steroid dienone is 2. The van der Waals surface area contributed by atoms with Crippen molar-refractivity contribution in [1.29, 1.82) is 0 Å². The predicted octanol–water partition coefficient (Wildman–Crippen LogP) is 4.25. The average Bonchev–Trinajstić information content (AvgIpc) is 2.25. The molecule has 0 aromatic rings. The summed E-state index contributed by atoms with van der Waals surface area (Å²) in [6.45, 7) is 4.13. The van der Waals surface area contributed by atoms with E-state index in [1.807, 2.05) is 0 Å². The van der Waals surface area contributed by atoms with Gasteiger partial charge < -0.3 is 4.74 Å². The molecule has 0 N–H and O–H groups in total. The van der Waals surface area contributed by atoms with Gasteiger partial charge in [0, 0.05) is 6.92 Å². The van der Waals surface area contributed by atoms with E-state index in [0.717, 1.165) is 6.42 Å². The molecule has 0 spiro atoms. The third-order valence-corrected chi connectivity index (χ3v) is 2.56. The first-order valence-corrected chi connectivity index (χ1v) is 6.52. The van der Waals surface area contributed by atoms with Crippen molar-refractivity contribution in [3.8, 4) is 0 Å². The Bertz CT molecular complexity index is 185. The smallest absolute Gasteiger partial charge is 0.302 e. The molecule has 0 bridgehead atoms. The number of esters is 1. The molecule has 0 fully saturated rings. The fourth-order valence-electron chi connectivity index (χ4n) is 1.63. The van der Waals surface area contributed by atoms with Crippen LogP contribution < -0.4 is 0 Å². The fraction of sp³-hybridized carbons (Fsp3) is 0.786. The van der Waals surface area contributed by atoms with Crippen molar-refractivity contribution < 1.29 is 9.53 Å². The van der Waals surface area contributed by atoms with Crippen LogP contribution in [0, 0.1) is 0 Å². The van der Waals surface area contributed by atoms with Crippen LogP contribution in [0.1, 0.15) is 65.2 Å².